The molecule has 1 N–H and O–H groups in total. The number of pyridine rings is 1. The first-order valence-corrected chi connectivity index (χ1v) is 6.80. The zero-order valence-corrected chi connectivity index (χ0v) is 12.2. The summed E-state index contributed by atoms with van der Waals surface area (Å²) in [5.41, 5.74) is 2.26. The normalized spacial score (nSPS) is 12.9. The van der Waals surface area contributed by atoms with Crippen molar-refractivity contribution < 1.29 is 0 Å². The van der Waals surface area contributed by atoms with Crippen LogP contribution >= 0.6 is 11.6 Å². The van der Waals surface area contributed by atoms with Gasteiger partial charge < -0.3 is 5.32 Å². The van der Waals surface area contributed by atoms with Gasteiger partial charge in [0.05, 0.1) is 23.0 Å². The third-order valence-corrected chi connectivity index (χ3v) is 3.44. The second kappa shape index (κ2) is 6.17. The molecule has 0 radical (unpaired) electrons. The van der Waals surface area contributed by atoms with E-state index < -0.39 is 0 Å². The Balaban J connectivity index is 2.29. The van der Waals surface area contributed by atoms with Crippen LogP contribution in [0, 0.1) is 0 Å². The van der Waals surface area contributed by atoms with Crippen LogP contribution in [-0.2, 0) is 6.42 Å². The van der Waals surface area contributed by atoms with E-state index in [9.17, 15) is 0 Å². The Hall–Kier alpha value is -1.39. The van der Waals surface area contributed by atoms with Crippen LogP contribution in [-0.4, -0.2) is 21.8 Å². The van der Waals surface area contributed by atoms with Crippen LogP contribution in [0.1, 0.15) is 37.2 Å². The number of rotatable bonds is 5. The summed E-state index contributed by atoms with van der Waals surface area (Å²) in [7, 11) is 1.94. The Labute approximate surface area is 118 Å². The number of aromatic nitrogens is 3. The smallest absolute Gasteiger partial charge is 0.0834 e. The number of hydrogen-bond acceptors (Lipinski definition) is 3. The second-order valence-corrected chi connectivity index (χ2v) is 5.22. The van der Waals surface area contributed by atoms with Crippen molar-refractivity contribution in [1.82, 2.24) is 20.1 Å². The monoisotopic (exact) mass is 278 g/mol. The van der Waals surface area contributed by atoms with Gasteiger partial charge in [0, 0.05) is 18.4 Å². The highest BCUT2D eigenvalue weighted by Crippen LogP contribution is 2.27. The molecule has 0 aliphatic heterocycles. The minimum atomic E-state index is 0.139. The van der Waals surface area contributed by atoms with Crippen LogP contribution in [0.5, 0.6) is 0 Å². The van der Waals surface area contributed by atoms with Gasteiger partial charge >= 0.3 is 0 Å². The molecule has 4 nitrogen and oxygen atoms in total. The fraction of sp³-hybridized carbons (Fsp3) is 0.429. The van der Waals surface area contributed by atoms with Gasteiger partial charge in [-0.3, -0.25) is 9.67 Å². The van der Waals surface area contributed by atoms with Gasteiger partial charge in [-0.2, -0.15) is 5.10 Å². The highest BCUT2D eigenvalue weighted by Gasteiger charge is 2.20. The fourth-order valence-electron chi connectivity index (χ4n) is 2.18. The van der Waals surface area contributed by atoms with Gasteiger partial charge in [0.1, 0.15) is 0 Å². The number of nitrogens with zero attached hydrogens (tertiary/aromatic N) is 3. The van der Waals surface area contributed by atoms with E-state index in [2.05, 4.69) is 29.2 Å². The van der Waals surface area contributed by atoms with E-state index in [0.29, 0.717) is 5.02 Å². The molecule has 0 saturated heterocycles. The molecular formula is C14H19ClN4. The van der Waals surface area contributed by atoms with Gasteiger partial charge in [-0.25, -0.2) is 0 Å². The Kier molecular flexibility index (Phi) is 4.56. The maximum atomic E-state index is 6.29. The first kappa shape index (κ1) is 14.0. The molecule has 19 heavy (non-hydrogen) atoms. The van der Waals surface area contributed by atoms with Crippen molar-refractivity contribution in [3.05, 3.63) is 47.0 Å². The highest BCUT2D eigenvalue weighted by molar-refractivity contribution is 6.31. The van der Waals surface area contributed by atoms with E-state index in [1.165, 1.54) is 5.56 Å². The zero-order chi connectivity index (χ0) is 13.8. The predicted molar refractivity (Wildman–Crippen MR) is 77.4 cm³/mol. The molecular weight excluding hydrogens is 260 g/mol. The van der Waals surface area contributed by atoms with Crippen molar-refractivity contribution in [2.45, 2.75) is 32.4 Å². The van der Waals surface area contributed by atoms with Crippen LogP contribution in [0.15, 0.2) is 30.7 Å². The summed E-state index contributed by atoms with van der Waals surface area (Å²) in [6.45, 7) is 4.21. The third-order valence-electron chi connectivity index (χ3n) is 3.14. The van der Waals surface area contributed by atoms with E-state index in [0.717, 1.165) is 12.1 Å². The molecule has 0 fully saturated rings. The molecule has 1 atom stereocenters. The number of likely N-dealkylation sites (N-methyl/N-ethyl adjacent to an activating group) is 1. The van der Waals surface area contributed by atoms with Crippen molar-refractivity contribution in [2.75, 3.05) is 7.05 Å². The number of halogens is 1. The summed E-state index contributed by atoms with van der Waals surface area (Å²) >= 11 is 6.29. The summed E-state index contributed by atoms with van der Waals surface area (Å²) in [5, 5.41) is 8.39. The molecule has 0 spiro atoms. The van der Waals surface area contributed by atoms with Gasteiger partial charge in [-0.05, 0) is 45.0 Å². The lowest BCUT2D eigenvalue weighted by Gasteiger charge is -2.20. The maximum Gasteiger partial charge on any atom is 0.0834 e. The maximum absolute atomic E-state index is 6.29. The molecule has 0 aliphatic rings. The van der Waals surface area contributed by atoms with E-state index in [1.807, 2.05) is 36.3 Å². The van der Waals surface area contributed by atoms with Crippen LogP contribution < -0.4 is 5.32 Å². The van der Waals surface area contributed by atoms with E-state index >= 15 is 0 Å². The second-order valence-electron chi connectivity index (χ2n) is 4.82. The van der Waals surface area contributed by atoms with Crippen molar-refractivity contribution in [3.8, 4) is 0 Å². The molecule has 2 heterocycles. The summed E-state index contributed by atoms with van der Waals surface area (Å²) in [6.07, 6.45) is 6.19. The molecule has 0 bridgehead atoms. The van der Waals surface area contributed by atoms with E-state index in [1.54, 1.807) is 6.20 Å². The van der Waals surface area contributed by atoms with E-state index in [-0.39, 0.29) is 12.1 Å². The predicted octanol–water partition coefficient (Wildman–Crippen LogP) is 3.02. The zero-order valence-electron chi connectivity index (χ0n) is 11.5. The molecule has 2 aromatic heterocycles. The van der Waals surface area contributed by atoms with Crippen molar-refractivity contribution in [1.29, 1.82) is 0 Å². The average Bonchev–Trinajstić information content (AvgIpc) is 2.79. The highest BCUT2D eigenvalue weighted by atomic mass is 35.5. The van der Waals surface area contributed by atoms with Gasteiger partial charge in [-0.15, -0.1) is 0 Å². The lowest BCUT2D eigenvalue weighted by molar-refractivity contribution is 0.460. The first-order chi connectivity index (χ1) is 9.13. The van der Waals surface area contributed by atoms with Crippen LogP contribution in [0.4, 0.5) is 0 Å². The molecule has 0 amide bonds. The topological polar surface area (TPSA) is 42.7 Å². The summed E-state index contributed by atoms with van der Waals surface area (Å²) in [5.74, 6) is 0. The minimum absolute atomic E-state index is 0.139. The quantitative estimate of drug-likeness (QED) is 0.914. The van der Waals surface area contributed by atoms with Crippen LogP contribution in [0.2, 0.25) is 5.02 Å². The summed E-state index contributed by atoms with van der Waals surface area (Å²) in [4.78, 5) is 4.04. The Morgan fingerprint density at radius 1 is 1.32 bits per heavy atom. The molecule has 0 aromatic carbocycles. The van der Waals surface area contributed by atoms with Crippen LogP contribution in [0.3, 0.4) is 0 Å². The van der Waals surface area contributed by atoms with Crippen LogP contribution in [0.25, 0.3) is 0 Å². The standard InChI is InChI=1S/C14H19ClN4/c1-10(2)19-14(12(15)9-18-19)13(16-3)8-11-4-6-17-7-5-11/h4-7,9-10,13,16H,8H2,1-3H3. The lowest BCUT2D eigenvalue weighted by atomic mass is 10.0. The molecule has 0 saturated carbocycles. The van der Waals surface area contributed by atoms with Gasteiger partial charge in [0.2, 0.25) is 0 Å². The van der Waals surface area contributed by atoms with Crippen molar-refractivity contribution >= 4 is 11.6 Å². The van der Waals surface area contributed by atoms with Crippen molar-refractivity contribution in [3.63, 3.8) is 0 Å². The molecule has 0 aliphatic carbocycles. The molecule has 1 unspecified atom stereocenters. The summed E-state index contributed by atoms with van der Waals surface area (Å²) < 4.78 is 1.98. The molecule has 2 aromatic rings. The lowest BCUT2D eigenvalue weighted by Crippen LogP contribution is -2.23. The minimum Gasteiger partial charge on any atom is -0.311 e. The largest absolute Gasteiger partial charge is 0.311 e. The van der Waals surface area contributed by atoms with E-state index in [4.69, 9.17) is 11.6 Å². The molecule has 5 heteroatoms. The SMILES string of the molecule is CNC(Cc1ccncc1)c1c(Cl)cnn1C(C)C. The number of nitrogens with one attached hydrogen (secondary N) is 1. The number of hydrogen-bond donors (Lipinski definition) is 1. The Bertz CT molecular complexity index is 521. The molecule has 102 valence electrons. The van der Waals surface area contributed by atoms with Crippen molar-refractivity contribution in [2.24, 2.45) is 0 Å². The first-order valence-electron chi connectivity index (χ1n) is 6.42. The molecule has 2 rings (SSSR count). The average molecular weight is 279 g/mol. The third kappa shape index (κ3) is 3.14. The van der Waals surface area contributed by atoms with Gasteiger partial charge in [0.25, 0.3) is 0 Å². The van der Waals surface area contributed by atoms with Gasteiger partial charge in [-0.1, -0.05) is 11.6 Å². The van der Waals surface area contributed by atoms with Gasteiger partial charge in [0.15, 0.2) is 0 Å². The summed E-state index contributed by atoms with van der Waals surface area (Å²) in [6, 6.07) is 4.47. The Morgan fingerprint density at radius 3 is 2.58 bits per heavy atom. The Morgan fingerprint density at radius 2 is 2.00 bits per heavy atom. The fourth-order valence-corrected chi connectivity index (χ4v) is 2.44.